The molecule has 0 aromatic heterocycles. The molecule has 0 fully saturated rings. The highest BCUT2D eigenvalue weighted by atomic mass is 35.5. The van der Waals surface area contributed by atoms with Gasteiger partial charge >= 0.3 is 0 Å². The van der Waals surface area contributed by atoms with E-state index in [1.807, 2.05) is 25.2 Å². The van der Waals surface area contributed by atoms with Crippen LogP contribution in [0.3, 0.4) is 0 Å². The molecule has 0 aliphatic heterocycles. The summed E-state index contributed by atoms with van der Waals surface area (Å²) in [4.78, 5) is 2.37. The molecule has 0 aliphatic rings. The molecule has 0 spiro atoms. The number of rotatable bonds is 6. The summed E-state index contributed by atoms with van der Waals surface area (Å²) in [5.41, 5.74) is 1.40. The number of nitrogens with zero attached hydrogens (tertiary/aromatic N) is 1. The van der Waals surface area contributed by atoms with E-state index < -0.39 is 0 Å². The summed E-state index contributed by atoms with van der Waals surface area (Å²) in [6.45, 7) is 10.0. The molecule has 19 heavy (non-hydrogen) atoms. The molecule has 1 rings (SSSR count). The van der Waals surface area contributed by atoms with Crippen molar-refractivity contribution in [3.63, 3.8) is 0 Å². The van der Waals surface area contributed by atoms with Gasteiger partial charge in [-0.1, -0.05) is 43.6 Å². The first-order chi connectivity index (χ1) is 8.79. The van der Waals surface area contributed by atoms with E-state index in [4.69, 9.17) is 11.6 Å². The molecule has 0 amide bonds. The Morgan fingerprint density at radius 3 is 2.37 bits per heavy atom. The summed E-state index contributed by atoms with van der Waals surface area (Å²) in [5, 5.41) is 4.20. The van der Waals surface area contributed by atoms with Crippen LogP contribution in [0.25, 0.3) is 0 Å². The molecular formula is C16H27ClN2. The summed E-state index contributed by atoms with van der Waals surface area (Å²) < 4.78 is 0. The molecule has 108 valence electrons. The fourth-order valence-electron chi connectivity index (χ4n) is 2.36. The van der Waals surface area contributed by atoms with Crippen LogP contribution in [-0.4, -0.2) is 31.6 Å². The van der Waals surface area contributed by atoms with Crippen molar-refractivity contribution in [1.29, 1.82) is 0 Å². The number of benzene rings is 1. The van der Waals surface area contributed by atoms with Gasteiger partial charge < -0.3 is 5.32 Å². The lowest BCUT2D eigenvalue weighted by atomic mass is 9.84. The van der Waals surface area contributed by atoms with E-state index >= 15 is 0 Å². The quantitative estimate of drug-likeness (QED) is 0.849. The zero-order valence-electron chi connectivity index (χ0n) is 13.0. The van der Waals surface area contributed by atoms with E-state index in [0.717, 1.165) is 11.6 Å². The van der Waals surface area contributed by atoms with Crippen molar-refractivity contribution in [3.8, 4) is 0 Å². The van der Waals surface area contributed by atoms with Crippen molar-refractivity contribution < 1.29 is 0 Å². The molecule has 0 saturated heterocycles. The normalized spacial score (nSPS) is 15.6. The lowest BCUT2D eigenvalue weighted by Crippen LogP contribution is -2.45. The molecule has 1 aromatic carbocycles. The van der Waals surface area contributed by atoms with Crippen LogP contribution in [0.1, 0.15) is 39.3 Å². The van der Waals surface area contributed by atoms with Gasteiger partial charge in [-0.2, -0.15) is 0 Å². The van der Waals surface area contributed by atoms with Crippen molar-refractivity contribution >= 4 is 11.6 Å². The summed E-state index contributed by atoms with van der Waals surface area (Å²) in [5.74, 6) is 0. The molecule has 1 N–H and O–H groups in total. The number of hydrogen-bond donors (Lipinski definition) is 1. The maximum Gasteiger partial charge on any atom is 0.0453 e. The predicted molar refractivity (Wildman–Crippen MR) is 84.8 cm³/mol. The van der Waals surface area contributed by atoms with Gasteiger partial charge in [0.25, 0.3) is 0 Å². The summed E-state index contributed by atoms with van der Waals surface area (Å²) in [7, 11) is 4.18. The van der Waals surface area contributed by atoms with Gasteiger partial charge in [0.05, 0.1) is 0 Å². The monoisotopic (exact) mass is 282 g/mol. The molecule has 2 atom stereocenters. The number of nitrogens with one attached hydrogen (secondary N) is 1. The van der Waals surface area contributed by atoms with Crippen molar-refractivity contribution in [2.24, 2.45) is 5.41 Å². The second kappa shape index (κ2) is 6.74. The molecule has 0 bridgehead atoms. The molecule has 0 aliphatic carbocycles. The van der Waals surface area contributed by atoms with E-state index in [1.165, 1.54) is 5.56 Å². The van der Waals surface area contributed by atoms with Gasteiger partial charge in [0.1, 0.15) is 0 Å². The predicted octanol–water partition coefficient (Wildman–Crippen LogP) is 3.97. The van der Waals surface area contributed by atoms with Crippen LogP contribution < -0.4 is 5.32 Å². The van der Waals surface area contributed by atoms with E-state index in [1.54, 1.807) is 0 Å². The van der Waals surface area contributed by atoms with Crippen molar-refractivity contribution in [2.75, 3.05) is 20.6 Å². The van der Waals surface area contributed by atoms with Gasteiger partial charge in [-0.3, -0.25) is 4.90 Å². The SMILES string of the molecule is CNC(C)C(C)(C)CN(C)C(C)c1ccccc1Cl. The van der Waals surface area contributed by atoms with Gasteiger partial charge in [0.2, 0.25) is 0 Å². The molecule has 1 aromatic rings. The van der Waals surface area contributed by atoms with Gasteiger partial charge in [-0.15, -0.1) is 0 Å². The Balaban J connectivity index is 2.78. The van der Waals surface area contributed by atoms with Crippen LogP contribution >= 0.6 is 11.6 Å². The van der Waals surface area contributed by atoms with Gasteiger partial charge in [0, 0.05) is 23.7 Å². The Hall–Kier alpha value is -0.570. The maximum atomic E-state index is 6.29. The van der Waals surface area contributed by atoms with Crippen LogP contribution in [0.4, 0.5) is 0 Å². The van der Waals surface area contributed by atoms with Crippen molar-refractivity contribution in [2.45, 2.75) is 39.8 Å². The highest BCUT2D eigenvalue weighted by Gasteiger charge is 2.28. The topological polar surface area (TPSA) is 15.3 Å². The fourth-order valence-corrected chi connectivity index (χ4v) is 2.65. The first-order valence-electron chi connectivity index (χ1n) is 6.91. The van der Waals surface area contributed by atoms with Crippen LogP contribution in [0, 0.1) is 5.41 Å². The molecule has 0 radical (unpaired) electrons. The third kappa shape index (κ3) is 4.20. The summed E-state index contributed by atoms with van der Waals surface area (Å²) >= 11 is 6.29. The van der Waals surface area contributed by atoms with Crippen LogP contribution in [-0.2, 0) is 0 Å². The highest BCUT2D eigenvalue weighted by molar-refractivity contribution is 6.31. The van der Waals surface area contributed by atoms with E-state index in [2.05, 4.69) is 51.0 Å². The maximum absolute atomic E-state index is 6.29. The number of halogens is 1. The Morgan fingerprint density at radius 2 is 1.84 bits per heavy atom. The van der Waals surface area contributed by atoms with E-state index in [-0.39, 0.29) is 5.41 Å². The second-order valence-electron chi connectivity index (χ2n) is 6.11. The van der Waals surface area contributed by atoms with Gasteiger partial charge in [-0.25, -0.2) is 0 Å². The average molecular weight is 283 g/mol. The Bertz CT molecular complexity index is 403. The Labute approximate surface area is 123 Å². The van der Waals surface area contributed by atoms with Crippen molar-refractivity contribution in [3.05, 3.63) is 34.9 Å². The van der Waals surface area contributed by atoms with Crippen LogP contribution in [0.2, 0.25) is 5.02 Å². The van der Waals surface area contributed by atoms with Crippen molar-refractivity contribution in [1.82, 2.24) is 10.2 Å². The molecule has 0 saturated carbocycles. The third-order valence-corrected chi connectivity index (χ3v) is 4.62. The minimum atomic E-state index is 0.207. The first kappa shape index (κ1) is 16.5. The zero-order chi connectivity index (χ0) is 14.6. The summed E-state index contributed by atoms with van der Waals surface area (Å²) in [6.07, 6.45) is 0. The minimum absolute atomic E-state index is 0.207. The summed E-state index contributed by atoms with van der Waals surface area (Å²) in [6, 6.07) is 8.88. The van der Waals surface area contributed by atoms with Gasteiger partial charge in [0.15, 0.2) is 0 Å². The Kier molecular flexibility index (Phi) is 5.84. The lowest BCUT2D eigenvalue weighted by molar-refractivity contribution is 0.139. The van der Waals surface area contributed by atoms with E-state index in [9.17, 15) is 0 Å². The molecule has 2 nitrogen and oxygen atoms in total. The Morgan fingerprint density at radius 1 is 1.26 bits per heavy atom. The van der Waals surface area contributed by atoms with Crippen LogP contribution in [0.5, 0.6) is 0 Å². The number of hydrogen-bond acceptors (Lipinski definition) is 2. The highest BCUT2D eigenvalue weighted by Crippen LogP contribution is 2.30. The zero-order valence-corrected chi connectivity index (χ0v) is 13.8. The van der Waals surface area contributed by atoms with Gasteiger partial charge in [-0.05, 0) is 45.0 Å². The molecule has 0 heterocycles. The molecular weight excluding hydrogens is 256 g/mol. The standard InChI is InChI=1S/C16H27ClN2/c1-12(14-9-7-8-10-15(14)17)19(6)11-16(3,4)13(2)18-5/h7-10,12-13,18H,11H2,1-6H3. The van der Waals surface area contributed by atoms with Crippen LogP contribution in [0.15, 0.2) is 24.3 Å². The fraction of sp³-hybridized carbons (Fsp3) is 0.625. The molecule has 2 unspecified atom stereocenters. The third-order valence-electron chi connectivity index (χ3n) is 4.28. The average Bonchev–Trinajstić information content (AvgIpc) is 2.36. The smallest absolute Gasteiger partial charge is 0.0453 e. The first-order valence-corrected chi connectivity index (χ1v) is 7.29. The van der Waals surface area contributed by atoms with E-state index in [0.29, 0.717) is 12.1 Å². The molecule has 3 heteroatoms. The second-order valence-corrected chi connectivity index (χ2v) is 6.52. The largest absolute Gasteiger partial charge is 0.317 e. The lowest BCUT2D eigenvalue weighted by Gasteiger charge is -2.38. The minimum Gasteiger partial charge on any atom is -0.317 e.